The lowest BCUT2D eigenvalue weighted by atomic mass is 10.4. The number of H-pyrrole nitrogens is 1. The summed E-state index contributed by atoms with van der Waals surface area (Å²) in [5.41, 5.74) is 1.16. The number of imidazole rings is 1. The molecule has 0 bridgehead atoms. The zero-order chi connectivity index (χ0) is 11.0. The molecular weight excluding hydrogens is 286 g/mol. The molecule has 2 aromatic rings. The van der Waals surface area contributed by atoms with Gasteiger partial charge in [0, 0.05) is 24.5 Å². The van der Waals surface area contributed by atoms with Crippen LogP contribution in [-0.4, -0.2) is 16.0 Å². The molecule has 0 aromatic carbocycles. The Morgan fingerprint density at radius 3 is 3.06 bits per heavy atom. The first-order chi connectivity index (χ1) is 7.81. The van der Waals surface area contributed by atoms with E-state index in [0.717, 1.165) is 27.9 Å². The SMILES string of the molecule is Brc1ccc(-c2ncc(CNC3CC3)[nH]2)s1. The summed E-state index contributed by atoms with van der Waals surface area (Å²) in [7, 11) is 0. The number of nitrogens with zero attached hydrogens (tertiary/aromatic N) is 1. The maximum Gasteiger partial charge on any atom is 0.147 e. The molecule has 1 aliphatic carbocycles. The fraction of sp³-hybridized carbons (Fsp3) is 0.364. The largest absolute Gasteiger partial charge is 0.340 e. The fourth-order valence-electron chi connectivity index (χ4n) is 1.56. The third-order valence-corrected chi connectivity index (χ3v) is 4.22. The van der Waals surface area contributed by atoms with E-state index in [4.69, 9.17) is 0 Å². The van der Waals surface area contributed by atoms with Crippen LogP contribution in [0.25, 0.3) is 10.7 Å². The van der Waals surface area contributed by atoms with Crippen molar-refractivity contribution in [2.75, 3.05) is 0 Å². The van der Waals surface area contributed by atoms with Crippen molar-refractivity contribution in [2.24, 2.45) is 0 Å². The Morgan fingerprint density at radius 2 is 2.38 bits per heavy atom. The average molecular weight is 298 g/mol. The van der Waals surface area contributed by atoms with Crippen LogP contribution in [0.5, 0.6) is 0 Å². The van der Waals surface area contributed by atoms with Crippen LogP contribution in [0.2, 0.25) is 0 Å². The number of hydrogen-bond donors (Lipinski definition) is 2. The van der Waals surface area contributed by atoms with Gasteiger partial charge >= 0.3 is 0 Å². The lowest BCUT2D eigenvalue weighted by Crippen LogP contribution is -2.15. The molecule has 3 nitrogen and oxygen atoms in total. The lowest BCUT2D eigenvalue weighted by molar-refractivity contribution is 0.677. The molecule has 0 saturated heterocycles. The average Bonchev–Trinajstić information content (AvgIpc) is 2.81. The Balaban J connectivity index is 1.71. The number of hydrogen-bond acceptors (Lipinski definition) is 3. The predicted molar refractivity (Wildman–Crippen MR) is 69.5 cm³/mol. The van der Waals surface area contributed by atoms with Crippen LogP contribution in [-0.2, 0) is 6.54 Å². The third kappa shape index (κ3) is 2.36. The highest BCUT2D eigenvalue weighted by molar-refractivity contribution is 9.11. The van der Waals surface area contributed by atoms with Crippen LogP contribution >= 0.6 is 27.3 Å². The van der Waals surface area contributed by atoms with Crippen molar-refractivity contribution in [2.45, 2.75) is 25.4 Å². The van der Waals surface area contributed by atoms with Crippen LogP contribution in [0.4, 0.5) is 0 Å². The van der Waals surface area contributed by atoms with Crippen LogP contribution in [0.3, 0.4) is 0 Å². The van der Waals surface area contributed by atoms with Crippen molar-refractivity contribution in [3.05, 3.63) is 27.8 Å². The Hall–Kier alpha value is -0.650. The molecule has 1 fully saturated rings. The highest BCUT2D eigenvalue weighted by atomic mass is 79.9. The number of aromatic amines is 1. The Kier molecular flexibility index (Phi) is 2.83. The number of nitrogens with one attached hydrogen (secondary N) is 2. The second-order valence-corrected chi connectivity index (χ2v) is 6.48. The van der Waals surface area contributed by atoms with Crippen molar-refractivity contribution in [3.63, 3.8) is 0 Å². The first kappa shape index (κ1) is 10.5. The topological polar surface area (TPSA) is 40.7 Å². The summed E-state index contributed by atoms with van der Waals surface area (Å²) in [5, 5.41) is 3.47. The summed E-state index contributed by atoms with van der Waals surface area (Å²) in [6.45, 7) is 0.893. The van der Waals surface area contributed by atoms with Crippen LogP contribution in [0.1, 0.15) is 18.5 Å². The summed E-state index contributed by atoms with van der Waals surface area (Å²) in [5.74, 6) is 0.961. The van der Waals surface area contributed by atoms with Crippen LogP contribution in [0.15, 0.2) is 22.1 Å². The molecule has 2 N–H and O–H groups in total. The monoisotopic (exact) mass is 297 g/mol. The number of aromatic nitrogens is 2. The number of rotatable bonds is 4. The quantitative estimate of drug-likeness (QED) is 0.910. The molecular formula is C11H12BrN3S. The van der Waals surface area contributed by atoms with E-state index in [1.54, 1.807) is 11.3 Å². The first-order valence-electron chi connectivity index (χ1n) is 5.34. The van der Waals surface area contributed by atoms with Gasteiger partial charge in [-0.15, -0.1) is 11.3 Å². The Bertz CT molecular complexity index is 487. The minimum absolute atomic E-state index is 0.739. The zero-order valence-corrected chi connectivity index (χ0v) is 11.1. The molecule has 16 heavy (non-hydrogen) atoms. The summed E-state index contributed by atoms with van der Waals surface area (Å²) in [6, 6.07) is 4.86. The zero-order valence-electron chi connectivity index (χ0n) is 8.66. The molecule has 2 aromatic heterocycles. The maximum atomic E-state index is 4.39. The molecule has 0 aliphatic heterocycles. The molecule has 1 aliphatic rings. The van der Waals surface area contributed by atoms with E-state index in [1.165, 1.54) is 17.7 Å². The van der Waals surface area contributed by atoms with E-state index < -0.39 is 0 Å². The molecule has 0 radical (unpaired) electrons. The smallest absolute Gasteiger partial charge is 0.147 e. The summed E-state index contributed by atoms with van der Waals surface area (Å²) in [4.78, 5) is 8.90. The number of thiophene rings is 1. The van der Waals surface area contributed by atoms with Gasteiger partial charge in [0.15, 0.2) is 0 Å². The highest BCUT2D eigenvalue weighted by Crippen LogP contribution is 2.29. The second-order valence-electron chi connectivity index (χ2n) is 4.02. The Labute approximate surface area is 106 Å². The van der Waals surface area contributed by atoms with Gasteiger partial charge in [0.25, 0.3) is 0 Å². The third-order valence-electron chi connectivity index (χ3n) is 2.59. The van der Waals surface area contributed by atoms with E-state index in [0.29, 0.717) is 0 Å². The fourth-order valence-corrected chi connectivity index (χ4v) is 2.90. The Morgan fingerprint density at radius 1 is 1.50 bits per heavy atom. The van der Waals surface area contributed by atoms with Gasteiger partial charge in [0.05, 0.1) is 8.66 Å². The first-order valence-corrected chi connectivity index (χ1v) is 6.95. The van der Waals surface area contributed by atoms with Crippen molar-refractivity contribution >= 4 is 27.3 Å². The molecule has 0 amide bonds. The van der Waals surface area contributed by atoms with Gasteiger partial charge in [-0.25, -0.2) is 4.98 Å². The van der Waals surface area contributed by atoms with Crippen molar-refractivity contribution in [1.82, 2.24) is 15.3 Å². The standard InChI is InChI=1S/C11H12BrN3S/c12-10-4-3-9(16-10)11-14-6-8(15-11)5-13-7-1-2-7/h3-4,6-7,13H,1-2,5H2,(H,14,15). The maximum absolute atomic E-state index is 4.39. The highest BCUT2D eigenvalue weighted by Gasteiger charge is 2.20. The minimum atomic E-state index is 0.739. The molecule has 84 valence electrons. The number of halogens is 1. The molecule has 0 unspecified atom stereocenters. The van der Waals surface area contributed by atoms with Gasteiger partial charge in [-0.2, -0.15) is 0 Å². The summed E-state index contributed by atoms with van der Waals surface area (Å²) < 4.78 is 1.14. The van der Waals surface area contributed by atoms with Gasteiger partial charge in [-0.3, -0.25) is 0 Å². The van der Waals surface area contributed by atoms with Crippen molar-refractivity contribution in [1.29, 1.82) is 0 Å². The van der Waals surface area contributed by atoms with Crippen molar-refractivity contribution < 1.29 is 0 Å². The summed E-state index contributed by atoms with van der Waals surface area (Å²) >= 11 is 5.15. The molecule has 0 spiro atoms. The van der Waals surface area contributed by atoms with E-state index >= 15 is 0 Å². The van der Waals surface area contributed by atoms with Crippen LogP contribution in [0, 0.1) is 0 Å². The molecule has 5 heteroatoms. The van der Waals surface area contributed by atoms with Crippen molar-refractivity contribution in [3.8, 4) is 10.7 Å². The molecule has 3 rings (SSSR count). The minimum Gasteiger partial charge on any atom is -0.340 e. The van der Waals surface area contributed by atoms with Gasteiger partial charge in [-0.1, -0.05) is 0 Å². The van der Waals surface area contributed by atoms with Gasteiger partial charge in [0.1, 0.15) is 5.82 Å². The van der Waals surface area contributed by atoms with E-state index in [2.05, 4.69) is 37.3 Å². The summed E-state index contributed by atoms with van der Waals surface area (Å²) in [6.07, 6.45) is 4.55. The second kappa shape index (κ2) is 4.31. The van der Waals surface area contributed by atoms with Gasteiger partial charge in [0.2, 0.25) is 0 Å². The van der Waals surface area contributed by atoms with Gasteiger partial charge < -0.3 is 10.3 Å². The van der Waals surface area contributed by atoms with Crippen LogP contribution < -0.4 is 5.32 Å². The van der Waals surface area contributed by atoms with E-state index in [-0.39, 0.29) is 0 Å². The lowest BCUT2D eigenvalue weighted by Gasteiger charge is -1.98. The molecule has 1 saturated carbocycles. The molecule has 2 heterocycles. The van der Waals surface area contributed by atoms with E-state index in [9.17, 15) is 0 Å². The van der Waals surface area contributed by atoms with E-state index in [1.807, 2.05) is 12.3 Å². The molecule has 0 atom stereocenters. The predicted octanol–water partition coefficient (Wildman–Crippen LogP) is 3.15. The normalized spacial score (nSPS) is 15.6. The van der Waals surface area contributed by atoms with Gasteiger partial charge in [-0.05, 0) is 40.9 Å².